The first-order chi connectivity index (χ1) is 24.2. The van der Waals surface area contributed by atoms with Gasteiger partial charge in [0.1, 0.15) is 17.0 Å². The second-order valence-corrected chi connectivity index (χ2v) is 13.8. The maximum Gasteiger partial charge on any atom is 0.255 e. The Kier molecular flexibility index (Phi) is 8.34. The summed E-state index contributed by atoms with van der Waals surface area (Å²) in [5.41, 5.74) is 10.1. The van der Waals surface area contributed by atoms with Gasteiger partial charge in [-0.2, -0.15) is 0 Å². The van der Waals surface area contributed by atoms with Gasteiger partial charge in [0.15, 0.2) is 11.6 Å². The van der Waals surface area contributed by atoms with Crippen molar-refractivity contribution in [3.8, 4) is 11.5 Å². The number of halogens is 2. The molecular weight excluding hydrogens is 642 g/mol. The van der Waals surface area contributed by atoms with Crippen LogP contribution >= 0.6 is 0 Å². The number of aryl methyl sites for hydroxylation is 2. The summed E-state index contributed by atoms with van der Waals surface area (Å²) in [7, 11) is 1.62. The van der Waals surface area contributed by atoms with Crippen molar-refractivity contribution >= 4 is 33.9 Å². The zero-order valence-electron chi connectivity index (χ0n) is 28.2. The molecule has 2 aliphatic heterocycles. The van der Waals surface area contributed by atoms with Crippen molar-refractivity contribution in [2.24, 2.45) is 5.73 Å². The Hall–Kier alpha value is -4.75. The number of rotatable bonds is 4. The molecule has 3 atom stereocenters. The molecule has 260 valence electrons. The van der Waals surface area contributed by atoms with Gasteiger partial charge in [-0.05, 0) is 81.3 Å². The molecule has 0 radical (unpaired) electrons. The highest BCUT2D eigenvalue weighted by Crippen LogP contribution is 2.43. The quantitative estimate of drug-likeness (QED) is 0.257. The second kappa shape index (κ2) is 12.9. The molecule has 0 spiro atoms. The van der Waals surface area contributed by atoms with E-state index in [0.29, 0.717) is 60.6 Å². The summed E-state index contributed by atoms with van der Waals surface area (Å²) in [4.78, 5) is 42.6. The fourth-order valence-electron chi connectivity index (χ4n) is 7.61. The van der Waals surface area contributed by atoms with Crippen molar-refractivity contribution in [2.75, 3.05) is 20.2 Å². The number of ether oxygens (including phenoxy) is 1. The molecule has 1 saturated carbocycles. The lowest BCUT2D eigenvalue weighted by molar-refractivity contribution is 0.0227. The van der Waals surface area contributed by atoms with Crippen LogP contribution in [-0.2, 0) is 17.7 Å². The van der Waals surface area contributed by atoms with Crippen LogP contribution in [0.2, 0.25) is 0 Å². The van der Waals surface area contributed by atoms with Gasteiger partial charge in [0.2, 0.25) is 0 Å². The van der Waals surface area contributed by atoms with E-state index in [9.17, 15) is 14.0 Å². The number of hydrogen-bond acceptors (Lipinski definition) is 7. The fraction of sp³-hybridized carbons (Fsp3) is 0.432. The van der Waals surface area contributed by atoms with Crippen LogP contribution < -0.4 is 11.1 Å². The highest BCUT2D eigenvalue weighted by Gasteiger charge is 2.34. The molecule has 11 nitrogen and oxygen atoms in total. The van der Waals surface area contributed by atoms with Crippen molar-refractivity contribution in [1.82, 2.24) is 34.3 Å². The molecule has 4 aromatic heterocycles. The van der Waals surface area contributed by atoms with Gasteiger partial charge < -0.3 is 29.8 Å². The first-order valence-electron chi connectivity index (χ1n) is 17.4. The molecule has 2 bridgehead atoms. The van der Waals surface area contributed by atoms with Crippen molar-refractivity contribution in [2.45, 2.75) is 82.6 Å². The zero-order valence-corrected chi connectivity index (χ0v) is 28.2. The molecule has 5 aromatic rings. The van der Waals surface area contributed by atoms with E-state index in [1.54, 1.807) is 24.3 Å². The topological polar surface area (TPSA) is 133 Å². The lowest BCUT2D eigenvalue weighted by Crippen LogP contribution is -2.53. The molecule has 1 saturated heterocycles. The van der Waals surface area contributed by atoms with Crippen molar-refractivity contribution in [3.05, 3.63) is 76.7 Å². The molecule has 1 aromatic carbocycles. The largest absolute Gasteiger partial charge is 0.380 e. The number of benzene rings is 1. The third kappa shape index (κ3) is 5.71. The summed E-state index contributed by atoms with van der Waals surface area (Å²) in [6.45, 7) is 3.26. The third-order valence-corrected chi connectivity index (χ3v) is 10.4. The summed E-state index contributed by atoms with van der Waals surface area (Å²) in [5, 5.41) is 3.82. The smallest absolute Gasteiger partial charge is 0.255 e. The number of methoxy groups -OCH3 is 1. The van der Waals surface area contributed by atoms with Crippen LogP contribution in [0, 0.1) is 11.6 Å². The molecule has 0 unspecified atom stereocenters. The van der Waals surface area contributed by atoms with Gasteiger partial charge in [0, 0.05) is 56.0 Å². The maximum atomic E-state index is 16.2. The maximum absolute atomic E-state index is 16.2. The summed E-state index contributed by atoms with van der Waals surface area (Å²) in [6, 6.07) is 8.15. The molecule has 6 heterocycles. The summed E-state index contributed by atoms with van der Waals surface area (Å²) in [6.07, 6.45) is 7.82. The number of amides is 2. The Bertz CT molecular complexity index is 2140. The number of nitrogens with zero attached hydrogens (tertiary/aromatic N) is 6. The lowest BCUT2D eigenvalue weighted by Gasteiger charge is -2.35. The van der Waals surface area contributed by atoms with Gasteiger partial charge >= 0.3 is 0 Å². The molecule has 50 heavy (non-hydrogen) atoms. The predicted octanol–water partition coefficient (Wildman–Crippen LogP) is 5.47. The van der Waals surface area contributed by atoms with E-state index in [1.807, 2.05) is 29.7 Å². The Morgan fingerprint density at radius 2 is 1.86 bits per heavy atom. The van der Waals surface area contributed by atoms with Gasteiger partial charge in [-0.15, -0.1) is 0 Å². The molecule has 2 fully saturated rings. The molecule has 3 aliphatic rings. The number of piperidine rings is 1. The number of fused-ring (bicyclic) bond motifs is 3. The molecule has 2 amide bonds. The molecular formula is C37H40F2N8O3. The van der Waals surface area contributed by atoms with Crippen LogP contribution in [-0.4, -0.2) is 73.1 Å². The van der Waals surface area contributed by atoms with E-state index in [1.165, 1.54) is 6.07 Å². The fourth-order valence-corrected chi connectivity index (χ4v) is 7.61. The monoisotopic (exact) mass is 682 g/mol. The van der Waals surface area contributed by atoms with Gasteiger partial charge in [-0.3, -0.25) is 14.6 Å². The van der Waals surface area contributed by atoms with Crippen LogP contribution in [0.5, 0.6) is 0 Å². The van der Waals surface area contributed by atoms with Gasteiger partial charge in [0.25, 0.3) is 11.8 Å². The van der Waals surface area contributed by atoms with E-state index < -0.39 is 23.6 Å². The SMILES string of the molecule is CO[C@@H]1CCN(C(=O)c2cc(F)c3c(c2)nc(-c2cc4ccc5nc4n2CCCCCc2cncc(F)c2C(=O)N[C@@H]5C)n3C2CC2)C[C@@H]1N. The summed E-state index contributed by atoms with van der Waals surface area (Å²) >= 11 is 0. The summed E-state index contributed by atoms with van der Waals surface area (Å²) < 4.78 is 40.6. The first-order valence-corrected chi connectivity index (χ1v) is 17.4. The molecule has 3 N–H and O–H groups in total. The van der Waals surface area contributed by atoms with Crippen LogP contribution in [0.3, 0.4) is 0 Å². The minimum Gasteiger partial charge on any atom is -0.380 e. The number of nitrogens with two attached hydrogens (primary N) is 1. The minimum atomic E-state index is -0.636. The van der Waals surface area contributed by atoms with Crippen LogP contribution in [0.4, 0.5) is 8.78 Å². The van der Waals surface area contributed by atoms with E-state index >= 15 is 4.39 Å². The Morgan fingerprint density at radius 1 is 1.02 bits per heavy atom. The number of imidazole rings is 1. The number of carbonyl (C=O) groups is 2. The van der Waals surface area contributed by atoms with Crippen molar-refractivity contribution in [1.29, 1.82) is 0 Å². The predicted molar refractivity (Wildman–Crippen MR) is 184 cm³/mol. The molecule has 1 aliphatic carbocycles. The van der Waals surface area contributed by atoms with Gasteiger partial charge in [0.05, 0.1) is 40.8 Å². The number of likely N-dealkylation sites (tertiary alicyclic amines) is 1. The first kappa shape index (κ1) is 32.5. The number of aromatic nitrogens is 5. The van der Waals surface area contributed by atoms with E-state index in [-0.39, 0.29) is 35.2 Å². The minimum absolute atomic E-state index is 0.0333. The molecule has 8 rings (SSSR count). The van der Waals surface area contributed by atoms with Gasteiger partial charge in [-0.25, -0.2) is 18.7 Å². The highest BCUT2D eigenvalue weighted by molar-refractivity contribution is 5.99. The normalized spacial score (nSPS) is 21.7. The third-order valence-electron chi connectivity index (χ3n) is 10.4. The average Bonchev–Trinajstić information content (AvgIpc) is 3.77. The number of pyridine rings is 2. The Morgan fingerprint density at radius 3 is 2.64 bits per heavy atom. The zero-order chi connectivity index (χ0) is 34.7. The van der Waals surface area contributed by atoms with Crippen molar-refractivity contribution in [3.63, 3.8) is 0 Å². The molecule has 13 heteroatoms. The van der Waals surface area contributed by atoms with Crippen LogP contribution in [0.15, 0.2) is 42.7 Å². The Balaban J connectivity index is 1.20. The average molecular weight is 683 g/mol. The van der Waals surface area contributed by atoms with E-state index in [4.69, 9.17) is 20.4 Å². The number of hydrogen-bond donors (Lipinski definition) is 2. The standard InChI is InChI=1S/C37H40F2N8O3/c1-20-28-10-7-21-16-30(46(34(21)43-28)12-5-3-4-6-22-17-41-18-26(39)32(22)36(48)42-20)35-44-29-15-23(14-25(38)33(29)47(35)24-8-9-24)37(49)45-13-11-31(50-2)27(40)19-45/h7,10,14-18,20,24,27,31H,3-6,8-9,11-13,19,40H2,1-2H3,(H,42,48)/t20-,27+,31-/m1/s1. The van der Waals surface area contributed by atoms with Crippen molar-refractivity contribution < 1.29 is 23.1 Å². The number of carbonyl (C=O) groups excluding carboxylic acids is 2. The highest BCUT2D eigenvalue weighted by atomic mass is 19.1. The van der Waals surface area contributed by atoms with E-state index in [0.717, 1.165) is 55.0 Å². The summed E-state index contributed by atoms with van der Waals surface area (Å²) in [5.74, 6) is -1.27. The van der Waals surface area contributed by atoms with Gasteiger partial charge in [-0.1, -0.05) is 6.42 Å². The second-order valence-electron chi connectivity index (χ2n) is 13.8. The van der Waals surface area contributed by atoms with Crippen LogP contribution in [0.25, 0.3) is 33.6 Å². The Labute approximate surface area is 287 Å². The van der Waals surface area contributed by atoms with E-state index in [2.05, 4.69) is 14.9 Å². The lowest BCUT2D eigenvalue weighted by atomic mass is 10.0. The van der Waals surface area contributed by atoms with Crippen LogP contribution in [0.1, 0.15) is 89.5 Å². The number of nitrogens with one attached hydrogen (secondary N) is 1.